The number of hydrogen-bond donors (Lipinski definition) is 2. The Morgan fingerprint density at radius 3 is 2.53 bits per heavy atom. The predicted octanol–water partition coefficient (Wildman–Crippen LogP) is 5.33. The number of non-ortho nitro benzene ring substituents is 1. The number of benzene rings is 2. The molecule has 1 aliphatic carbocycles. The largest absolute Gasteiger partial charge is 0.494 e. The number of unbranched alkanes of at least 4 members (excludes halogenated alkanes) is 1. The van der Waals surface area contributed by atoms with Crippen LogP contribution in [0.1, 0.15) is 65.6 Å². The third kappa shape index (κ3) is 6.44. The van der Waals surface area contributed by atoms with Crippen molar-refractivity contribution in [3.05, 3.63) is 86.9 Å². The predicted molar refractivity (Wildman–Crippen MR) is 143 cm³/mol. The van der Waals surface area contributed by atoms with Gasteiger partial charge in [-0.15, -0.1) is 0 Å². The average molecular weight is 519 g/mol. The molecule has 38 heavy (non-hydrogen) atoms. The molecule has 0 spiro atoms. The number of hydrogen-bond acceptors (Lipinski definition) is 7. The van der Waals surface area contributed by atoms with Crippen molar-refractivity contribution in [1.82, 2.24) is 5.43 Å². The summed E-state index contributed by atoms with van der Waals surface area (Å²) in [6.45, 7) is 4.56. The Morgan fingerprint density at radius 1 is 1.11 bits per heavy atom. The van der Waals surface area contributed by atoms with Crippen molar-refractivity contribution < 1.29 is 23.7 Å². The number of anilines is 1. The van der Waals surface area contributed by atoms with Gasteiger partial charge in [0.05, 0.1) is 23.7 Å². The molecule has 10 nitrogen and oxygen atoms in total. The summed E-state index contributed by atoms with van der Waals surface area (Å²) >= 11 is 0. The number of aryl methyl sites for hydroxylation is 1. The van der Waals surface area contributed by atoms with Crippen molar-refractivity contribution in [2.75, 3.05) is 11.9 Å². The standard InChI is InChI=1S/C28H30N4O6/c1-3-4-16-37-22-14-10-20(11-15-22)29-28(34)27-18(2)26-23(6-5-7-24(26)38-27)30-31-25(33)17-19-8-12-21(13-9-19)32(35)36/h8-15H,3-7,16-17H2,1-2H3,(H,29,34)(H,31,33)/b30-23+. The van der Waals surface area contributed by atoms with Gasteiger partial charge in [0.15, 0.2) is 5.76 Å². The first-order valence-corrected chi connectivity index (χ1v) is 12.6. The molecule has 2 amide bonds. The van der Waals surface area contributed by atoms with E-state index >= 15 is 0 Å². The van der Waals surface area contributed by atoms with E-state index in [4.69, 9.17) is 9.15 Å². The first kappa shape index (κ1) is 26.6. The smallest absolute Gasteiger partial charge is 0.291 e. The second kappa shape index (κ2) is 12.2. The Bertz CT molecular complexity index is 1340. The minimum atomic E-state index is -0.488. The quantitative estimate of drug-likeness (QED) is 0.212. The van der Waals surface area contributed by atoms with E-state index in [1.807, 2.05) is 12.1 Å². The summed E-state index contributed by atoms with van der Waals surface area (Å²) in [7, 11) is 0. The lowest BCUT2D eigenvalue weighted by atomic mass is 9.93. The molecule has 1 heterocycles. The number of hydrazone groups is 1. The lowest BCUT2D eigenvalue weighted by molar-refractivity contribution is -0.384. The van der Waals surface area contributed by atoms with Gasteiger partial charge in [0, 0.05) is 35.4 Å². The number of ether oxygens (including phenoxy) is 1. The second-order valence-electron chi connectivity index (χ2n) is 9.08. The second-order valence-corrected chi connectivity index (χ2v) is 9.08. The minimum Gasteiger partial charge on any atom is -0.494 e. The molecule has 2 N–H and O–H groups in total. The number of nitro groups is 1. The fraction of sp³-hybridized carbons (Fsp3) is 0.321. The number of amides is 2. The van der Waals surface area contributed by atoms with Gasteiger partial charge in [-0.05, 0) is 56.0 Å². The van der Waals surface area contributed by atoms with Crippen LogP contribution in [0.4, 0.5) is 11.4 Å². The van der Waals surface area contributed by atoms with Crippen LogP contribution in [0.2, 0.25) is 0 Å². The Hall–Kier alpha value is -4.47. The van der Waals surface area contributed by atoms with Crippen LogP contribution in [-0.4, -0.2) is 29.1 Å². The molecule has 10 heteroatoms. The zero-order chi connectivity index (χ0) is 27.1. The minimum absolute atomic E-state index is 0.0299. The summed E-state index contributed by atoms with van der Waals surface area (Å²) < 4.78 is 11.6. The third-order valence-corrected chi connectivity index (χ3v) is 6.24. The number of fused-ring (bicyclic) bond motifs is 1. The molecule has 0 bridgehead atoms. The molecule has 3 aromatic rings. The number of furan rings is 1. The lowest BCUT2D eigenvalue weighted by Gasteiger charge is -2.13. The zero-order valence-corrected chi connectivity index (χ0v) is 21.4. The van der Waals surface area contributed by atoms with E-state index in [0.29, 0.717) is 47.7 Å². The summed E-state index contributed by atoms with van der Waals surface area (Å²) in [6.07, 6.45) is 4.14. The molecule has 0 saturated carbocycles. The zero-order valence-electron chi connectivity index (χ0n) is 21.4. The molecular weight excluding hydrogens is 488 g/mol. The van der Waals surface area contributed by atoms with Gasteiger partial charge in [0.1, 0.15) is 11.5 Å². The fourth-order valence-corrected chi connectivity index (χ4v) is 4.24. The van der Waals surface area contributed by atoms with E-state index in [0.717, 1.165) is 30.6 Å². The van der Waals surface area contributed by atoms with Crippen molar-refractivity contribution in [1.29, 1.82) is 0 Å². The van der Waals surface area contributed by atoms with Gasteiger partial charge in [-0.2, -0.15) is 5.10 Å². The van der Waals surface area contributed by atoms with Crippen LogP contribution in [0.25, 0.3) is 0 Å². The number of carbonyl (C=O) groups excluding carboxylic acids is 2. The molecule has 4 rings (SSSR count). The maximum atomic E-state index is 13.0. The summed E-state index contributed by atoms with van der Waals surface area (Å²) in [5.74, 6) is 0.919. The number of nitrogens with one attached hydrogen (secondary N) is 2. The van der Waals surface area contributed by atoms with E-state index in [2.05, 4.69) is 22.8 Å². The molecule has 0 aliphatic heterocycles. The molecule has 198 valence electrons. The highest BCUT2D eigenvalue weighted by molar-refractivity contribution is 6.09. The summed E-state index contributed by atoms with van der Waals surface area (Å²) in [5, 5.41) is 18.0. The summed E-state index contributed by atoms with van der Waals surface area (Å²) in [4.78, 5) is 35.8. The van der Waals surface area contributed by atoms with Crippen LogP contribution in [0.5, 0.6) is 5.75 Å². The highest BCUT2D eigenvalue weighted by Crippen LogP contribution is 2.30. The van der Waals surface area contributed by atoms with Crippen LogP contribution >= 0.6 is 0 Å². The highest BCUT2D eigenvalue weighted by atomic mass is 16.6. The van der Waals surface area contributed by atoms with Gasteiger partial charge in [0.25, 0.3) is 11.6 Å². The van der Waals surface area contributed by atoms with Gasteiger partial charge in [-0.25, -0.2) is 5.43 Å². The number of nitro benzene ring substituents is 1. The van der Waals surface area contributed by atoms with E-state index < -0.39 is 4.92 Å². The number of nitrogens with zero attached hydrogens (tertiary/aromatic N) is 2. The van der Waals surface area contributed by atoms with Crippen molar-refractivity contribution in [3.8, 4) is 5.75 Å². The third-order valence-electron chi connectivity index (χ3n) is 6.24. The Kier molecular flexibility index (Phi) is 8.52. The summed E-state index contributed by atoms with van der Waals surface area (Å²) in [5.41, 5.74) is 5.86. The van der Waals surface area contributed by atoms with Crippen LogP contribution in [0, 0.1) is 17.0 Å². The van der Waals surface area contributed by atoms with E-state index in [-0.39, 0.29) is 29.7 Å². The molecule has 0 unspecified atom stereocenters. The number of rotatable bonds is 10. The molecule has 1 aromatic heterocycles. The van der Waals surface area contributed by atoms with Crippen molar-refractivity contribution in [3.63, 3.8) is 0 Å². The molecule has 2 aromatic carbocycles. The first-order chi connectivity index (χ1) is 18.4. The maximum absolute atomic E-state index is 13.0. The van der Waals surface area contributed by atoms with E-state index in [9.17, 15) is 19.7 Å². The van der Waals surface area contributed by atoms with Crippen molar-refractivity contribution >= 4 is 28.9 Å². The van der Waals surface area contributed by atoms with Crippen LogP contribution in [0.3, 0.4) is 0 Å². The van der Waals surface area contributed by atoms with Crippen LogP contribution in [-0.2, 0) is 17.6 Å². The Labute approximate surface area is 220 Å². The lowest BCUT2D eigenvalue weighted by Crippen LogP contribution is -2.23. The average Bonchev–Trinajstić information content (AvgIpc) is 3.26. The first-order valence-electron chi connectivity index (χ1n) is 12.6. The monoisotopic (exact) mass is 518 g/mol. The van der Waals surface area contributed by atoms with Gasteiger partial charge >= 0.3 is 0 Å². The van der Waals surface area contributed by atoms with E-state index in [1.165, 1.54) is 12.1 Å². The van der Waals surface area contributed by atoms with Gasteiger partial charge in [-0.1, -0.05) is 25.5 Å². The van der Waals surface area contributed by atoms with Crippen molar-refractivity contribution in [2.45, 2.75) is 52.4 Å². The van der Waals surface area contributed by atoms with Crippen LogP contribution < -0.4 is 15.5 Å². The summed E-state index contributed by atoms with van der Waals surface area (Å²) in [6, 6.07) is 13.0. The normalized spacial score (nSPS) is 13.6. The molecule has 0 fully saturated rings. The molecule has 0 radical (unpaired) electrons. The van der Waals surface area contributed by atoms with Crippen LogP contribution in [0.15, 0.2) is 58.0 Å². The van der Waals surface area contributed by atoms with Crippen molar-refractivity contribution in [2.24, 2.45) is 5.10 Å². The topological polar surface area (TPSA) is 136 Å². The molecule has 0 saturated heterocycles. The molecular formula is C28H30N4O6. The maximum Gasteiger partial charge on any atom is 0.291 e. The molecule has 1 aliphatic rings. The van der Waals surface area contributed by atoms with Gasteiger partial charge in [0.2, 0.25) is 5.91 Å². The van der Waals surface area contributed by atoms with Gasteiger partial charge < -0.3 is 14.5 Å². The number of carbonyl (C=O) groups is 2. The Balaban J connectivity index is 1.41. The SMILES string of the molecule is CCCCOc1ccc(NC(=O)c2oc3c(c2C)/C(=N/NC(=O)Cc2ccc([N+](=O)[O-])cc2)CCC3)cc1. The molecule has 0 atom stereocenters. The van der Waals surface area contributed by atoms with E-state index in [1.54, 1.807) is 31.2 Å². The Morgan fingerprint density at radius 2 is 1.84 bits per heavy atom. The highest BCUT2D eigenvalue weighted by Gasteiger charge is 2.28. The van der Waals surface area contributed by atoms with Gasteiger partial charge in [-0.3, -0.25) is 19.7 Å². The fourth-order valence-electron chi connectivity index (χ4n) is 4.24.